The molecule has 1 amide bonds. The van der Waals surface area contributed by atoms with E-state index in [-0.39, 0.29) is 6.61 Å². The first-order chi connectivity index (χ1) is 8.60. The topological polar surface area (TPSA) is 72.9 Å². The van der Waals surface area contributed by atoms with Crippen LogP contribution in [0.4, 0.5) is 9.18 Å². The van der Waals surface area contributed by atoms with Gasteiger partial charge in [-0.2, -0.15) is 0 Å². The Bertz CT molecular complexity index is 403. The summed E-state index contributed by atoms with van der Waals surface area (Å²) in [6, 6.07) is 0. The molecule has 1 saturated heterocycles. The molecular weight excluding hydrogens is 257 g/mol. The van der Waals surface area contributed by atoms with E-state index in [1.807, 2.05) is 0 Å². The summed E-state index contributed by atoms with van der Waals surface area (Å²) in [5.41, 5.74) is -3.54. The first-order valence-electron chi connectivity index (χ1n) is 5.97. The van der Waals surface area contributed by atoms with Crippen molar-refractivity contribution in [3.63, 3.8) is 0 Å². The van der Waals surface area contributed by atoms with E-state index in [2.05, 4.69) is 4.74 Å². The van der Waals surface area contributed by atoms with Gasteiger partial charge in [0.2, 0.25) is 5.78 Å². The molecule has 0 radical (unpaired) electrons. The molecule has 0 bridgehead atoms. The molecule has 0 N–H and O–H groups in total. The van der Waals surface area contributed by atoms with Gasteiger partial charge in [0.25, 0.3) is 5.67 Å². The zero-order valence-corrected chi connectivity index (χ0v) is 11.5. The Kier molecular flexibility index (Phi) is 4.17. The maximum absolute atomic E-state index is 14.3. The van der Waals surface area contributed by atoms with E-state index in [0.717, 1.165) is 4.90 Å². The van der Waals surface area contributed by atoms with Gasteiger partial charge < -0.3 is 9.47 Å². The van der Waals surface area contributed by atoms with Gasteiger partial charge in [0, 0.05) is 0 Å². The Hall–Kier alpha value is -1.66. The largest absolute Gasteiger partial charge is 0.463 e. The van der Waals surface area contributed by atoms with Crippen molar-refractivity contribution < 1.29 is 28.2 Å². The zero-order chi connectivity index (χ0) is 14.8. The number of nitrogens with zero attached hydrogens (tertiary/aromatic N) is 1. The van der Waals surface area contributed by atoms with Gasteiger partial charge in [-0.3, -0.25) is 9.69 Å². The second kappa shape index (κ2) is 5.14. The third-order valence-electron chi connectivity index (χ3n) is 2.44. The number of rotatable bonds is 2. The molecule has 0 aromatic heterocycles. The molecule has 1 unspecified atom stereocenters. The lowest BCUT2D eigenvalue weighted by Crippen LogP contribution is -2.44. The highest BCUT2D eigenvalue weighted by molar-refractivity contribution is 6.11. The summed E-state index contributed by atoms with van der Waals surface area (Å²) in [7, 11) is 0. The van der Waals surface area contributed by atoms with Crippen molar-refractivity contribution >= 4 is 17.8 Å². The normalized spacial score (nSPS) is 23.4. The third-order valence-corrected chi connectivity index (χ3v) is 2.44. The van der Waals surface area contributed by atoms with E-state index in [9.17, 15) is 18.8 Å². The standard InChI is InChI=1S/C12H18FNO5/c1-5-18-9(16)12(13)7-14(6-8(12)15)10(17)19-11(2,3)4/h5-7H2,1-4H3. The highest BCUT2D eigenvalue weighted by atomic mass is 19.1. The molecule has 108 valence electrons. The highest BCUT2D eigenvalue weighted by Gasteiger charge is 2.56. The molecule has 19 heavy (non-hydrogen) atoms. The van der Waals surface area contributed by atoms with E-state index >= 15 is 0 Å². The van der Waals surface area contributed by atoms with Crippen LogP contribution in [0.25, 0.3) is 0 Å². The van der Waals surface area contributed by atoms with Gasteiger partial charge in [-0.15, -0.1) is 0 Å². The van der Waals surface area contributed by atoms with Gasteiger partial charge in [0.05, 0.1) is 19.7 Å². The van der Waals surface area contributed by atoms with Crippen molar-refractivity contribution in [2.45, 2.75) is 39.0 Å². The van der Waals surface area contributed by atoms with Gasteiger partial charge in [-0.1, -0.05) is 0 Å². The third kappa shape index (κ3) is 3.42. The molecule has 0 aromatic carbocycles. The van der Waals surface area contributed by atoms with Crippen molar-refractivity contribution in [1.29, 1.82) is 0 Å². The molecule has 1 aliphatic heterocycles. The Morgan fingerprint density at radius 3 is 2.47 bits per heavy atom. The highest BCUT2D eigenvalue weighted by Crippen LogP contribution is 2.25. The second-order valence-electron chi connectivity index (χ2n) is 5.28. The van der Waals surface area contributed by atoms with Crippen LogP contribution >= 0.6 is 0 Å². The predicted molar refractivity (Wildman–Crippen MR) is 63.3 cm³/mol. The SMILES string of the molecule is CCOC(=O)C1(F)CN(C(=O)OC(C)(C)C)CC1=O. The summed E-state index contributed by atoms with van der Waals surface area (Å²) in [4.78, 5) is 35.6. The number of likely N-dealkylation sites (tertiary alicyclic amines) is 1. The molecule has 7 heteroatoms. The monoisotopic (exact) mass is 275 g/mol. The average molecular weight is 275 g/mol. The summed E-state index contributed by atoms with van der Waals surface area (Å²) in [6.45, 7) is 5.25. The van der Waals surface area contributed by atoms with Gasteiger partial charge in [-0.05, 0) is 27.7 Å². The molecule has 1 heterocycles. The minimum absolute atomic E-state index is 0.0375. The van der Waals surface area contributed by atoms with E-state index in [4.69, 9.17) is 4.74 Å². The molecule has 1 atom stereocenters. The fourth-order valence-corrected chi connectivity index (χ4v) is 1.59. The van der Waals surface area contributed by atoms with Crippen LogP contribution in [0.3, 0.4) is 0 Å². The molecule has 0 spiro atoms. The van der Waals surface area contributed by atoms with Crippen LogP contribution in [0.15, 0.2) is 0 Å². The lowest BCUT2D eigenvalue weighted by Gasteiger charge is -2.24. The lowest BCUT2D eigenvalue weighted by atomic mass is 10.1. The van der Waals surface area contributed by atoms with Crippen molar-refractivity contribution in [2.24, 2.45) is 0 Å². The Morgan fingerprint density at radius 1 is 1.42 bits per heavy atom. The smallest absolute Gasteiger partial charge is 0.410 e. The number of amides is 1. The number of carbonyl (C=O) groups is 3. The summed E-state index contributed by atoms with van der Waals surface area (Å²) in [6.07, 6.45) is -0.829. The lowest BCUT2D eigenvalue weighted by molar-refractivity contribution is -0.159. The fraction of sp³-hybridized carbons (Fsp3) is 0.750. The number of alkyl halides is 1. The maximum atomic E-state index is 14.3. The molecule has 1 rings (SSSR count). The molecule has 0 aromatic rings. The van der Waals surface area contributed by atoms with Crippen LogP contribution in [0.2, 0.25) is 0 Å². The molecule has 1 fully saturated rings. The number of hydrogen-bond acceptors (Lipinski definition) is 5. The van der Waals surface area contributed by atoms with Crippen LogP contribution in [0.5, 0.6) is 0 Å². The van der Waals surface area contributed by atoms with Crippen molar-refractivity contribution in [2.75, 3.05) is 19.7 Å². The molecule has 6 nitrogen and oxygen atoms in total. The van der Waals surface area contributed by atoms with Crippen LogP contribution < -0.4 is 0 Å². The number of hydrogen-bond donors (Lipinski definition) is 0. The number of ketones is 1. The van der Waals surface area contributed by atoms with Gasteiger partial charge in [0.15, 0.2) is 0 Å². The predicted octanol–water partition coefficient (Wildman–Crippen LogP) is 1.08. The summed E-state index contributed by atoms with van der Waals surface area (Å²) >= 11 is 0. The Morgan fingerprint density at radius 2 is 2.00 bits per heavy atom. The zero-order valence-electron chi connectivity index (χ0n) is 11.5. The Labute approximate surface area is 110 Å². The van der Waals surface area contributed by atoms with E-state index in [0.29, 0.717) is 0 Å². The average Bonchev–Trinajstić information content (AvgIpc) is 2.55. The minimum atomic E-state index is -2.78. The summed E-state index contributed by atoms with van der Waals surface area (Å²) < 4.78 is 23.8. The Balaban J connectivity index is 2.77. The van der Waals surface area contributed by atoms with Gasteiger partial charge in [0.1, 0.15) is 5.60 Å². The fourth-order valence-electron chi connectivity index (χ4n) is 1.59. The summed E-state index contributed by atoms with van der Waals surface area (Å²) in [5.74, 6) is -2.25. The van der Waals surface area contributed by atoms with Gasteiger partial charge in [-0.25, -0.2) is 14.0 Å². The van der Waals surface area contributed by atoms with E-state index in [1.165, 1.54) is 6.92 Å². The second-order valence-corrected chi connectivity index (χ2v) is 5.28. The first kappa shape index (κ1) is 15.4. The first-order valence-corrected chi connectivity index (χ1v) is 5.97. The van der Waals surface area contributed by atoms with Crippen molar-refractivity contribution in [1.82, 2.24) is 4.90 Å². The number of carbonyl (C=O) groups excluding carboxylic acids is 3. The van der Waals surface area contributed by atoms with Crippen LogP contribution in [0.1, 0.15) is 27.7 Å². The van der Waals surface area contributed by atoms with Gasteiger partial charge >= 0.3 is 12.1 Å². The quantitative estimate of drug-likeness (QED) is 0.557. The van der Waals surface area contributed by atoms with Crippen LogP contribution in [-0.4, -0.2) is 53.7 Å². The number of Topliss-reactive ketones (excluding diaryl/α,β-unsaturated/α-hetero) is 1. The number of esters is 1. The van der Waals surface area contributed by atoms with Crippen molar-refractivity contribution in [3.05, 3.63) is 0 Å². The molecule has 1 aliphatic rings. The van der Waals surface area contributed by atoms with Crippen molar-refractivity contribution in [3.8, 4) is 0 Å². The molecule has 0 aliphatic carbocycles. The van der Waals surface area contributed by atoms with Crippen LogP contribution in [0, 0.1) is 0 Å². The van der Waals surface area contributed by atoms with E-state index in [1.54, 1.807) is 20.8 Å². The van der Waals surface area contributed by atoms with E-state index < -0.39 is 42.2 Å². The minimum Gasteiger partial charge on any atom is -0.463 e. The summed E-state index contributed by atoms with van der Waals surface area (Å²) in [5, 5.41) is 0. The molecular formula is C12H18FNO5. The maximum Gasteiger partial charge on any atom is 0.410 e. The van der Waals surface area contributed by atoms with Crippen LogP contribution in [-0.2, 0) is 19.1 Å². The number of halogens is 1. The number of ether oxygens (including phenoxy) is 2. The molecule has 0 saturated carbocycles.